The van der Waals surface area contributed by atoms with Crippen LogP contribution in [0.5, 0.6) is 23.0 Å². The summed E-state index contributed by atoms with van der Waals surface area (Å²) in [5, 5.41) is 0. The highest BCUT2D eigenvalue weighted by Gasteiger charge is 2.40. The molecule has 7 rings (SSSR count). The van der Waals surface area contributed by atoms with Crippen LogP contribution in [0.15, 0.2) is 141 Å². The van der Waals surface area contributed by atoms with E-state index < -0.39 is 0 Å². The van der Waals surface area contributed by atoms with Gasteiger partial charge in [-0.15, -0.1) is 0 Å². The van der Waals surface area contributed by atoms with Crippen LogP contribution in [0.25, 0.3) is 27.8 Å². The van der Waals surface area contributed by atoms with Gasteiger partial charge in [0.2, 0.25) is 0 Å². The topological polar surface area (TPSA) is 18.5 Å². The zero-order valence-corrected chi connectivity index (χ0v) is 21.4. The molecule has 0 saturated heterocycles. The lowest BCUT2D eigenvalue weighted by molar-refractivity contribution is 0.465. The summed E-state index contributed by atoms with van der Waals surface area (Å²) >= 11 is 0. The molecule has 3 heteroatoms. The molecule has 39 heavy (non-hydrogen) atoms. The molecule has 0 atom stereocenters. The lowest BCUT2D eigenvalue weighted by Gasteiger charge is -2.34. The molecule has 0 saturated carbocycles. The van der Waals surface area contributed by atoms with E-state index in [4.69, 9.17) is 9.47 Å². The van der Waals surface area contributed by atoms with Crippen LogP contribution in [-0.2, 0) is 0 Å². The first-order valence-corrected chi connectivity index (χ1v) is 13.1. The van der Waals surface area contributed by atoms with Crippen molar-refractivity contribution in [3.8, 4) is 45.3 Å². The molecule has 0 fully saturated rings. The normalized spacial score (nSPS) is 12.8. The maximum Gasteiger partial charge on any atom is 0.260 e. The minimum atomic E-state index is -0.0133. The summed E-state index contributed by atoms with van der Waals surface area (Å²) in [4.78, 5) is 0. The molecule has 2 heterocycles. The molecule has 2 nitrogen and oxygen atoms in total. The lowest BCUT2D eigenvalue weighted by atomic mass is 9.34. The second-order valence-electron chi connectivity index (χ2n) is 9.82. The zero-order valence-electron chi connectivity index (χ0n) is 21.4. The van der Waals surface area contributed by atoms with E-state index in [1.54, 1.807) is 6.08 Å². The van der Waals surface area contributed by atoms with Crippen LogP contribution in [-0.4, -0.2) is 6.71 Å². The van der Waals surface area contributed by atoms with Gasteiger partial charge in [0.15, 0.2) is 0 Å². The van der Waals surface area contributed by atoms with Gasteiger partial charge in [-0.1, -0.05) is 116 Å². The Labute approximate surface area is 229 Å². The maximum absolute atomic E-state index is 6.66. The predicted molar refractivity (Wildman–Crippen MR) is 163 cm³/mol. The zero-order chi connectivity index (χ0) is 26.3. The van der Waals surface area contributed by atoms with E-state index in [2.05, 4.69) is 110 Å². The van der Waals surface area contributed by atoms with Crippen molar-refractivity contribution in [1.29, 1.82) is 0 Å². The van der Waals surface area contributed by atoms with E-state index in [0.717, 1.165) is 67.2 Å². The summed E-state index contributed by atoms with van der Waals surface area (Å²) in [5.41, 5.74) is 9.89. The minimum absolute atomic E-state index is 0.0133. The van der Waals surface area contributed by atoms with Crippen molar-refractivity contribution in [1.82, 2.24) is 0 Å². The Morgan fingerprint density at radius 1 is 0.564 bits per heavy atom. The van der Waals surface area contributed by atoms with Crippen molar-refractivity contribution in [3.63, 3.8) is 0 Å². The molecule has 0 radical (unpaired) electrons. The second-order valence-corrected chi connectivity index (χ2v) is 9.82. The van der Waals surface area contributed by atoms with Gasteiger partial charge in [0.25, 0.3) is 6.71 Å². The van der Waals surface area contributed by atoms with Crippen molar-refractivity contribution in [2.75, 3.05) is 0 Å². The largest absolute Gasteiger partial charge is 0.458 e. The van der Waals surface area contributed by atoms with Gasteiger partial charge < -0.3 is 9.47 Å². The number of benzene rings is 5. The first-order chi connectivity index (χ1) is 19.2. The molecule has 0 unspecified atom stereocenters. The second kappa shape index (κ2) is 9.38. The fourth-order valence-electron chi connectivity index (χ4n) is 5.69. The van der Waals surface area contributed by atoms with Gasteiger partial charge in [-0.3, -0.25) is 0 Å². The van der Waals surface area contributed by atoms with Gasteiger partial charge >= 0.3 is 0 Å². The number of ether oxygens (including phenoxy) is 2. The molecule has 0 aromatic heterocycles. The third-order valence-corrected chi connectivity index (χ3v) is 7.54. The molecule has 184 valence electrons. The number of allylic oxidation sites excluding steroid dienone is 4. The van der Waals surface area contributed by atoms with Gasteiger partial charge in [-0.05, 0) is 68.6 Å². The molecular weight excluding hydrogens is 475 g/mol. The molecule has 0 amide bonds. The van der Waals surface area contributed by atoms with Crippen molar-refractivity contribution in [3.05, 3.63) is 146 Å². The average Bonchev–Trinajstić information content (AvgIpc) is 3.00. The van der Waals surface area contributed by atoms with Gasteiger partial charge in [0, 0.05) is 5.46 Å². The highest BCUT2D eigenvalue weighted by Crippen LogP contribution is 2.39. The predicted octanol–water partition coefficient (Wildman–Crippen LogP) is 7.50. The number of hydrogen-bond acceptors (Lipinski definition) is 2. The first-order valence-electron chi connectivity index (χ1n) is 13.1. The first kappa shape index (κ1) is 23.1. The SMILES string of the molecule is C=C/C=C(\C=C)c1ccc2c(c1)Oc1cc(-c3ccccc3)cc3c1B2c1cc(-c2ccccc2)ccc1O3. The van der Waals surface area contributed by atoms with Crippen LogP contribution in [0, 0.1) is 0 Å². The van der Waals surface area contributed by atoms with E-state index in [9.17, 15) is 0 Å². The summed E-state index contributed by atoms with van der Waals surface area (Å²) in [6.45, 7) is 7.84. The Bertz CT molecular complexity index is 1780. The van der Waals surface area contributed by atoms with E-state index >= 15 is 0 Å². The smallest absolute Gasteiger partial charge is 0.260 e. The summed E-state index contributed by atoms with van der Waals surface area (Å²) in [6, 6.07) is 38.0. The number of hydrogen-bond donors (Lipinski definition) is 0. The van der Waals surface area contributed by atoms with Gasteiger partial charge in [-0.25, -0.2) is 0 Å². The standard InChI is InChI=1S/C36H25BO2/c1-3-11-24(4-2)28-16-18-30-33(21-28)39-35-23-29(26-14-9-6-10-15-26)22-34-36(35)37(30)31-20-27(17-19-32(31)38-34)25-12-7-5-8-13-25/h3-23H,1-2H2/b24-11+. The maximum atomic E-state index is 6.66. The van der Waals surface area contributed by atoms with Gasteiger partial charge in [-0.2, -0.15) is 0 Å². The van der Waals surface area contributed by atoms with Crippen LogP contribution in [0.1, 0.15) is 5.56 Å². The Morgan fingerprint density at radius 3 is 1.90 bits per heavy atom. The third kappa shape index (κ3) is 3.91. The van der Waals surface area contributed by atoms with Crippen molar-refractivity contribution < 1.29 is 9.47 Å². The fourth-order valence-corrected chi connectivity index (χ4v) is 5.69. The minimum Gasteiger partial charge on any atom is -0.458 e. The quantitative estimate of drug-likeness (QED) is 0.180. The Kier molecular flexibility index (Phi) is 5.56. The van der Waals surface area contributed by atoms with Crippen LogP contribution < -0.4 is 25.9 Å². The van der Waals surface area contributed by atoms with Gasteiger partial charge in [0.1, 0.15) is 23.0 Å². The molecule has 2 aliphatic rings. The molecule has 0 aliphatic carbocycles. The Morgan fingerprint density at radius 2 is 1.23 bits per heavy atom. The molecule has 0 bridgehead atoms. The van der Waals surface area contributed by atoms with E-state index in [-0.39, 0.29) is 6.71 Å². The van der Waals surface area contributed by atoms with Gasteiger partial charge in [0.05, 0.1) is 0 Å². The van der Waals surface area contributed by atoms with Crippen LogP contribution in [0.4, 0.5) is 0 Å². The summed E-state index contributed by atoms with van der Waals surface area (Å²) in [7, 11) is 0. The van der Waals surface area contributed by atoms with Crippen LogP contribution in [0.2, 0.25) is 0 Å². The summed E-state index contributed by atoms with van der Waals surface area (Å²) < 4.78 is 13.3. The van der Waals surface area contributed by atoms with Crippen LogP contribution >= 0.6 is 0 Å². The number of rotatable bonds is 5. The van der Waals surface area contributed by atoms with E-state index in [0.29, 0.717) is 0 Å². The monoisotopic (exact) mass is 500 g/mol. The van der Waals surface area contributed by atoms with Crippen molar-refractivity contribution in [2.45, 2.75) is 0 Å². The lowest BCUT2D eigenvalue weighted by Crippen LogP contribution is -2.57. The highest BCUT2D eigenvalue weighted by molar-refractivity contribution is 6.98. The number of fused-ring (bicyclic) bond motifs is 4. The molecule has 5 aromatic rings. The Balaban J connectivity index is 1.45. The summed E-state index contributed by atoms with van der Waals surface area (Å²) in [6.07, 6.45) is 5.60. The summed E-state index contributed by atoms with van der Waals surface area (Å²) in [5.74, 6) is 3.38. The third-order valence-electron chi connectivity index (χ3n) is 7.54. The highest BCUT2D eigenvalue weighted by atomic mass is 16.5. The molecule has 2 aliphatic heterocycles. The molecule has 5 aromatic carbocycles. The fraction of sp³-hybridized carbons (Fsp3) is 0. The Hall–Kier alpha value is -5.02. The van der Waals surface area contributed by atoms with Crippen molar-refractivity contribution in [2.24, 2.45) is 0 Å². The molecular formula is C36H25BO2. The average molecular weight is 500 g/mol. The van der Waals surface area contributed by atoms with E-state index in [1.807, 2.05) is 24.3 Å². The van der Waals surface area contributed by atoms with E-state index in [1.165, 1.54) is 5.56 Å². The molecule has 0 N–H and O–H groups in total. The van der Waals surface area contributed by atoms with Crippen molar-refractivity contribution >= 4 is 28.7 Å². The molecule has 0 spiro atoms. The van der Waals surface area contributed by atoms with Crippen LogP contribution in [0.3, 0.4) is 0 Å².